The molecular formula is C14H22ClNO2S. The maximum absolute atomic E-state index is 11.2. The van der Waals surface area contributed by atoms with Crippen LogP contribution in [-0.4, -0.2) is 27.0 Å². The van der Waals surface area contributed by atoms with Crippen molar-refractivity contribution >= 4 is 21.4 Å². The molecular weight excluding hydrogens is 282 g/mol. The lowest BCUT2D eigenvalue weighted by Gasteiger charge is -2.20. The minimum atomic E-state index is -2.88. The molecule has 0 fully saturated rings. The highest BCUT2D eigenvalue weighted by atomic mass is 35.5. The lowest BCUT2D eigenvalue weighted by atomic mass is 9.98. The van der Waals surface area contributed by atoms with Crippen LogP contribution in [0.1, 0.15) is 36.9 Å². The molecule has 3 nitrogen and oxygen atoms in total. The maximum Gasteiger partial charge on any atom is 0.147 e. The molecule has 0 radical (unpaired) electrons. The molecule has 0 aliphatic carbocycles. The number of aryl methyl sites for hydroxylation is 1. The summed E-state index contributed by atoms with van der Waals surface area (Å²) >= 11 is 5.96. The third kappa shape index (κ3) is 5.93. The first-order chi connectivity index (χ1) is 8.83. The molecule has 1 unspecified atom stereocenters. The lowest BCUT2D eigenvalue weighted by Crippen LogP contribution is -2.22. The normalized spacial score (nSPS) is 13.5. The monoisotopic (exact) mass is 303 g/mol. The van der Waals surface area contributed by atoms with E-state index in [1.54, 1.807) is 0 Å². The van der Waals surface area contributed by atoms with Crippen molar-refractivity contribution in [1.29, 1.82) is 0 Å². The summed E-state index contributed by atoms with van der Waals surface area (Å²) < 4.78 is 22.4. The molecule has 1 aromatic carbocycles. The Morgan fingerprint density at radius 3 is 2.58 bits per heavy atom. The summed E-state index contributed by atoms with van der Waals surface area (Å²) in [5.41, 5.74) is 2.33. The highest BCUT2D eigenvalue weighted by molar-refractivity contribution is 7.90. The minimum absolute atomic E-state index is 0.184. The number of sulfone groups is 1. The van der Waals surface area contributed by atoms with E-state index in [9.17, 15) is 8.42 Å². The van der Waals surface area contributed by atoms with Gasteiger partial charge in [-0.3, -0.25) is 0 Å². The first-order valence-corrected chi connectivity index (χ1v) is 8.94. The summed E-state index contributed by atoms with van der Waals surface area (Å²) in [5.74, 6) is 0.238. The van der Waals surface area contributed by atoms with Gasteiger partial charge in [0.2, 0.25) is 0 Å². The first-order valence-electron chi connectivity index (χ1n) is 6.50. The Morgan fingerprint density at radius 1 is 1.37 bits per heavy atom. The predicted octanol–water partition coefficient (Wildman–Crippen LogP) is 3.12. The van der Waals surface area contributed by atoms with Crippen LogP contribution in [0.3, 0.4) is 0 Å². The topological polar surface area (TPSA) is 46.2 Å². The van der Waals surface area contributed by atoms with Gasteiger partial charge in [0.1, 0.15) is 9.84 Å². The molecule has 1 aromatic rings. The van der Waals surface area contributed by atoms with Crippen LogP contribution in [0.15, 0.2) is 18.2 Å². The number of hydrogen-bond donors (Lipinski definition) is 1. The van der Waals surface area contributed by atoms with Gasteiger partial charge in [-0.15, -0.1) is 0 Å². The van der Waals surface area contributed by atoms with Crippen LogP contribution in [0.25, 0.3) is 0 Å². The van der Waals surface area contributed by atoms with E-state index in [2.05, 4.69) is 12.2 Å². The fourth-order valence-corrected chi connectivity index (χ4v) is 3.11. The molecule has 1 rings (SSSR count). The van der Waals surface area contributed by atoms with Gasteiger partial charge in [-0.25, -0.2) is 8.42 Å². The Kier molecular flexibility index (Phi) is 6.30. The molecule has 0 bridgehead atoms. The van der Waals surface area contributed by atoms with Gasteiger partial charge in [0.25, 0.3) is 0 Å². The molecule has 0 amide bonds. The summed E-state index contributed by atoms with van der Waals surface area (Å²) in [4.78, 5) is 0. The van der Waals surface area contributed by atoms with Crippen molar-refractivity contribution in [3.63, 3.8) is 0 Å². The highest BCUT2D eigenvalue weighted by Gasteiger charge is 2.14. The Labute approximate surface area is 121 Å². The van der Waals surface area contributed by atoms with E-state index < -0.39 is 9.84 Å². The molecule has 1 N–H and O–H groups in total. The SMILES string of the molecule is CCNC(CCCS(C)(=O)=O)c1ccc(Cl)cc1C. The van der Waals surface area contributed by atoms with Crippen molar-refractivity contribution in [3.05, 3.63) is 34.3 Å². The molecule has 0 aromatic heterocycles. The summed E-state index contributed by atoms with van der Waals surface area (Å²) in [6.07, 6.45) is 2.75. The molecule has 0 aliphatic rings. The van der Waals surface area contributed by atoms with Crippen LogP contribution in [0, 0.1) is 6.92 Å². The largest absolute Gasteiger partial charge is 0.310 e. The molecule has 5 heteroatoms. The zero-order valence-electron chi connectivity index (χ0n) is 11.7. The zero-order chi connectivity index (χ0) is 14.5. The molecule has 19 heavy (non-hydrogen) atoms. The van der Waals surface area contributed by atoms with Crippen molar-refractivity contribution in [2.75, 3.05) is 18.6 Å². The third-order valence-corrected chi connectivity index (χ3v) is 4.33. The standard InChI is InChI=1S/C14H22ClNO2S/c1-4-16-14(6-5-9-19(3,17)18)13-8-7-12(15)10-11(13)2/h7-8,10,14,16H,4-6,9H2,1-3H3. The lowest BCUT2D eigenvalue weighted by molar-refractivity contribution is 0.505. The predicted molar refractivity (Wildman–Crippen MR) is 81.6 cm³/mol. The van der Waals surface area contributed by atoms with Gasteiger partial charge < -0.3 is 5.32 Å². The van der Waals surface area contributed by atoms with Crippen LogP contribution in [0.4, 0.5) is 0 Å². The minimum Gasteiger partial charge on any atom is -0.310 e. The van der Waals surface area contributed by atoms with E-state index in [-0.39, 0.29) is 11.8 Å². The third-order valence-electron chi connectivity index (χ3n) is 3.07. The summed E-state index contributed by atoms with van der Waals surface area (Å²) in [7, 11) is -2.88. The average molecular weight is 304 g/mol. The van der Waals surface area contributed by atoms with E-state index >= 15 is 0 Å². The molecule has 0 saturated carbocycles. The average Bonchev–Trinajstić information content (AvgIpc) is 2.26. The van der Waals surface area contributed by atoms with E-state index in [0.717, 1.165) is 23.6 Å². The fraction of sp³-hybridized carbons (Fsp3) is 0.571. The van der Waals surface area contributed by atoms with Crippen LogP contribution in [0.5, 0.6) is 0 Å². The smallest absolute Gasteiger partial charge is 0.147 e. The molecule has 1 atom stereocenters. The number of benzene rings is 1. The number of rotatable bonds is 7. The Morgan fingerprint density at radius 2 is 2.05 bits per heavy atom. The fourth-order valence-electron chi connectivity index (χ4n) is 2.19. The summed E-state index contributed by atoms with van der Waals surface area (Å²) in [6.45, 7) is 4.93. The zero-order valence-corrected chi connectivity index (χ0v) is 13.3. The van der Waals surface area contributed by atoms with Crippen LogP contribution in [0.2, 0.25) is 5.02 Å². The Hall–Kier alpha value is -0.580. The van der Waals surface area contributed by atoms with Crippen molar-refractivity contribution in [2.24, 2.45) is 0 Å². The van der Waals surface area contributed by atoms with Crippen molar-refractivity contribution in [1.82, 2.24) is 5.32 Å². The van der Waals surface area contributed by atoms with E-state index in [1.165, 1.54) is 11.8 Å². The van der Waals surface area contributed by atoms with Crippen LogP contribution >= 0.6 is 11.6 Å². The molecule has 0 heterocycles. The quantitative estimate of drug-likeness (QED) is 0.842. The highest BCUT2D eigenvalue weighted by Crippen LogP contribution is 2.24. The van der Waals surface area contributed by atoms with E-state index in [4.69, 9.17) is 11.6 Å². The summed E-state index contributed by atoms with van der Waals surface area (Å²) in [5, 5.41) is 4.14. The van der Waals surface area contributed by atoms with Gasteiger partial charge in [0.15, 0.2) is 0 Å². The van der Waals surface area contributed by atoms with Gasteiger partial charge in [-0.1, -0.05) is 24.6 Å². The summed E-state index contributed by atoms with van der Waals surface area (Å²) in [6, 6.07) is 6.03. The second-order valence-corrected chi connectivity index (χ2v) is 7.58. The Balaban J connectivity index is 2.76. The van der Waals surface area contributed by atoms with E-state index in [1.807, 2.05) is 25.1 Å². The van der Waals surface area contributed by atoms with E-state index in [0.29, 0.717) is 6.42 Å². The van der Waals surface area contributed by atoms with Gasteiger partial charge >= 0.3 is 0 Å². The Bertz CT molecular complexity index is 514. The van der Waals surface area contributed by atoms with Gasteiger partial charge in [0, 0.05) is 23.1 Å². The first kappa shape index (κ1) is 16.5. The number of hydrogen-bond acceptors (Lipinski definition) is 3. The van der Waals surface area contributed by atoms with Crippen molar-refractivity contribution in [3.8, 4) is 0 Å². The number of halogens is 1. The maximum atomic E-state index is 11.2. The van der Waals surface area contributed by atoms with Gasteiger partial charge in [-0.2, -0.15) is 0 Å². The molecule has 108 valence electrons. The molecule has 0 spiro atoms. The van der Waals surface area contributed by atoms with Crippen LogP contribution in [-0.2, 0) is 9.84 Å². The number of nitrogens with one attached hydrogen (secondary N) is 1. The van der Waals surface area contributed by atoms with Crippen molar-refractivity contribution < 1.29 is 8.42 Å². The van der Waals surface area contributed by atoms with Gasteiger partial charge in [-0.05, 0) is 49.6 Å². The molecule has 0 aliphatic heterocycles. The second kappa shape index (κ2) is 7.27. The molecule has 0 saturated heterocycles. The second-order valence-electron chi connectivity index (χ2n) is 4.88. The van der Waals surface area contributed by atoms with Crippen molar-refractivity contribution in [2.45, 2.75) is 32.7 Å². The van der Waals surface area contributed by atoms with Gasteiger partial charge in [0.05, 0.1) is 0 Å². The van der Waals surface area contributed by atoms with Crippen LogP contribution < -0.4 is 5.32 Å².